The van der Waals surface area contributed by atoms with Crippen LogP contribution in [-0.4, -0.2) is 24.1 Å². The standard InChI is InChI=1S/C19H18FN3O3/c20-16-4-1-14(2-5-16)13-26-17-7-9-22(10-8-17)18-6-3-15(12-21)11-19(18)23(24)25/h1-6,11,17H,7-10,13H2. The second-order valence-corrected chi connectivity index (χ2v) is 6.20. The molecule has 0 N–H and O–H groups in total. The van der Waals surface area contributed by atoms with Gasteiger partial charge in [-0.3, -0.25) is 10.1 Å². The minimum Gasteiger partial charge on any atom is -0.373 e. The summed E-state index contributed by atoms with van der Waals surface area (Å²) in [5.41, 5.74) is 1.68. The molecule has 1 aliphatic rings. The number of nitrogens with zero attached hydrogens (tertiary/aromatic N) is 3. The number of rotatable bonds is 5. The van der Waals surface area contributed by atoms with Gasteiger partial charge in [-0.15, -0.1) is 0 Å². The number of halogens is 1. The van der Waals surface area contributed by atoms with Crippen LogP contribution in [0.3, 0.4) is 0 Å². The van der Waals surface area contributed by atoms with Crippen molar-refractivity contribution in [3.63, 3.8) is 0 Å². The van der Waals surface area contributed by atoms with Crippen molar-refractivity contribution in [3.8, 4) is 6.07 Å². The molecule has 1 heterocycles. The van der Waals surface area contributed by atoms with E-state index in [1.54, 1.807) is 24.3 Å². The number of nitro groups is 1. The normalized spacial score (nSPS) is 14.8. The molecule has 2 aromatic carbocycles. The second-order valence-electron chi connectivity index (χ2n) is 6.20. The molecule has 6 nitrogen and oxygen atoms in total. The number of nitro benzene ring substituents is 1. The number of anilines is 1. The van der Waals surface area contributed by atoms with Crippen molar-refractivity contribution in [1.82, 2.24) is 0 Å². The molecular weight excluding hydrogens is 337 g/mol. The van der Waals surface area contributed by atoms with Crippen LogP contribution in [-0.2, 0) is 11.3 Å². The summed E-state index contributed by atoms with van der Waals surface area (Å²) in [6.07, 6.45) is 1.56. The third-order valence-corrected chi connectivity index (χ3v) is 4.48. The van der Waals surface area contributed by atoms with E-state index in [-0.39, 0.29) is 23.2 Å². The van der Waals surface area contributed by atoms with Crippen molar-refractivity contribution in [2.45, 2.75) is 25.6 Å². The molecule has 0 aromatic heterocycles. The summed E-state index contributed by atoms with van der Waals surface area (Å²) in [7, 11) is 0. The minimum absolute atomic E-state index is 0.0465. The first kappa shape index (κ1) is 17.8. The van der Waals surface area contributed by atoms with Crippen LogP contribution in [0.25, 0.3) is 0 Å². The molecule has 7 heteroatoms. The lowest BCUT2D eigenvalue weighted by Crippen LogP contribution is -2.37. The molecule has 3 rings (SSSR count). The summed E-state index contributed by atoms with van der Waals surface area (Å²) in [6, 6.07) is 12.7. The summed E-state index contributed by atoms with van der Waals surface area (Å²) in [4.78, 5) is 12.8. The zero-order valence-corrected chi connectivity index (χ0v) is 14.1. The van der Waals surface area contributed by atoms with E-state index in [2.05, 4.69) is 0 Å². The van der Waals surface area contributed by atoms with E-state index in [0.717, 1.165) is 18.4 Å². The Hall–Kier alpha value is -2.98. The third-order valence-electron chi connectivity index (χ3n) is 4.48. The van der Waals surface area contributed by atoms with Crippen LogP contribution in [0.1, 0.15) is 24.0 Å². The van der Waals surface area contributed by atoms with E-state index < -0.39 is 4.92 Å². The maximum absolute atomic E-state index is 12.9. The van der Waals surface area contributed by atoms with E-state index in [1.807, 2.05) is 11.0 Å². The predicted molar refractivity (Wildman–Crippen MR) is 94.2 cm³/mol. The smallest absolute Gasteiger partial charge is 0.293 e. The van der Waals surface area contributed by atoms with E-state index in [0.29, 0.717) is 25.4 Å². The summed E-state index contributed by atoms with van der Waals surface area (Å²) in [6.45, 7) is 1.70. The number of hydrogen-bond acceptors (Lipinski definition) is 5. The Morgan fingerprint density at radius 3 is 2.54 bits per heavy atom. The van der Waals surface area contributed by atoms with Crippen molar-refractivity contribution >= 4 is 11.4 Å². The van der Waals surface area contributed by atoms with Gasteiger partial charge < -0.3 is 9.64 Å². The predicted octanol–water partition coefficient (Wildman–Crippen LogP) is 3.79. The zero-order valence-electron chi connectivity index (χ0n) is 14.1. The molecule has 0 atom stereocenters. The van der Waals surface area contributed by atoms with Gasteiger partial charge in [-0.2, -0.15) is 5.26 Å². The van der Waals surface area contributed by atoms with Crippen LogP contribution in [0.5, 0.6) is 0 Å². The Morgan fingerprint density at radius 2 is 1.92 bits per heavy atom. The Labute approximate surface area is 150 Å². The van der Waals surface area contributed by atoms with Gasteiger partial charge >= 0.3 is 0 Å². The molecule has 0 saturated carbocycles. The quantitative estimate of drug-likeness (QED) is 0.602. The number of ether oxygens (including phenoxy) is 1. The first-order valence-electron chi connectivity index (χ1n) is 8.36. The van der Waals surface area contributed by atoms with Crippen LogP contribution in [0.4, 0.5) is 15.8 Å². The van der Waals surface area contributed by atoms with Gasteiger partial charge in [0.15, 0.2) is 0 Å². The van der Waals surface area contributed by atoms with Crippen molar-refractivity contribution in [2.75, 3.05) is 18.0 Å². The highest BCUT2D eigenvalue weighted by atomic mass is 19.1. The SMILES string of the molecule is N#Cc1ccc(N2CCC(OCc3ccc(F)cc3)CC2)c([N+](=O)[O-])c1. The first-order valence-corrected chi connectivity index (χ1v) is 8.36. The van der Waals surface area contributed by atoms with Gasteiger partial charge in [-0.1, -0.05) is 12.1 Å². The number of piperidine rings is 1. The molecule has 0 aliphatic carbocycles. The number of nitriles is 1. The van der Waals surface area contributed by atoms with Gasteiger partial charge in [0.2, 0.25) is 0 Å². The molecule has 1 saturated heterocycles. The fourth-order valence-electron chi connectivity index (χ4n) is 3.06. The lowest BCUT2D eigenvalue weighted by Gasteiger charge is -2.33. The fourth-order valence-corrected chi connectivity index (χ4v) is 3.06. The number of hydrogen-bond donors (Lipinski definition) is 0. The molecule has 0 spiro atoms. The van der Waals surface area contributed by atoms with Gasteiger partial charge in [0.05, 0.1) is 29.3 Å². The fraction of sp³-hybridized carbons (Fsp3) is 0.316. The molecule has 0 unspecified atom stereocenters. The van der Waals surface area contributed by atoms with Crippen LogP contribution in [0.2, 0.25) is 0 Å². The van der Waals surface area contributed by atoms with Gasteiger partial charge in [-0.05, 0) is 42.7 Å². The highest BCUT2D eigenvalue weighted by Gasteiger charge is 2.25. The summed E-state index contributed by atoms with van der Waals surface area (Å²) >= 11 is 0. The summed E-state index contributed by atoms with van der Waals surface area (Å²) in [5, 5.41) is 20.2. The molecule has 0 bridgehead atoms. The van der Waals surface area contributed by atoms with E-state index in [9.17, 15) is 14.5 Å². The van der Waals surface area contributed by atoms with Crippen LogP contribution >= 0.6 is 0 Å². The van der Waals surface area contributed by atoms with E-state index in [1.165, 1.54) is 18.2 Å². The van der Waals surface area contributed by atoms with Crippen molar-refractivity contribution in [3.05, 3.63) is 69.5 Å². The zero-order chi connectivity index (χ0) is 18.5. The molecule has 1 fully saturated rings. The second kappa shape index (κ2) is 7.93. The molecule has 2 aromatic rings. The largest absolute Gasteiger partial charge is 0.373 e. The molecule has 0 amide bonds. The van der Waals surface area contributed by atoms with Crippen molar-refractivity contribution < 1.29 is 14.1 Å². The van der Waals surface area contributed by atoms with E-state index >= 15 is 0 Å². The van der Waals surface area contributed by atoms with Crippen LogP contribution in [0.15, 0.2) is 42.5 Å². The topological polar surface area (TPSA) is 79.4 Å². The minimum atomic E-state index is -0.451. The molecule has 0 radical (unpaired) electrons. The molecular formula is C19H18FN3O3. The van der Waals surface area contributed by atoms with E-state index in [4.69, 9.17) is 10.00 Å². The van der Waals surface area contributed by atoms with Gasteiger partial charge in [0, 0.05) is 19.2 Å². The average molecular weight is 355 g/mol. The van der Waals surface area contributed by atoms with Gasteiger partial charge in [0.25, 0.3) is 5.69 Å². The van der Waals surface area contributed by atoms with Crippen LogP contribution < -0.4 is 4.90 Å². The maximum atomic E-state index is 12.9. The third kappa shape index (κ3) is 4.16. The molecule has 134 valence electrons. The summed E-state index contributed by atoms with van der Waals surface area (Å²) in [5.74, 6) is -0.272. The van der Waals surface area contributed by atoms with Crippen LogP contribution in [0, 0.1) is 27.3 Å². The average Bonchev–Trinajstić information content (AvgIpc) is 2.67. The highest BCUT2D eigenvalue weighted by Crippen LogP contribution is 2.31. The van der Waals surface area contributed by atoms with Crippen molar-refractivity contribution in [2.24, 2.45) is 0 Å². The Kier molecular flexibility index (Phi) is 5.44. The molecule has 1 aliphatic heterocycles. The van der Waals surface area contributed by atoms with Crippen molar-refractivity contribution in [1.29, 1.82) is 5.26 Å². The Balaban J connectivity index is 1.59. The van der Waals surface area contributed by atoms with Gasteiger partial charge in [0.1, 0.15) is 11.5 Å². The number of benzene rings is 2. The Morgan fingerprint density at radius 1 is 1.23 bits per heavy atom. The van der Waals surface area contributed by atoms with Gasteiger partial charge in [-0.25, -0.2) is 4.39 Å². The molecule has 26 heavy (non-hydrogen) atoms. The first-order chi connectivity index (χ1) is 12.6. The lowest BCUT2D eigenvalue weighted by molar-refractivity contribution is -0.384. The monoisotopic (exact) mass is 355 g/mol. The Bertz CT molecular complexity index is 825. The highest BCUT2D eigenvalue weighted by molar-refractivity contribution is 5.65. The summed E-state index contributed by atoms with van der Waals surface area (Å²) < 4.78 is 18.8. The lowest BCUT2D eigenvalue weighted by atomic mass is 10.1. The maximum Gasteiger partial charge on any atom is 0.293 e.